The summed E-state index contributed by atoms with van der Waals surface area (Å²) in [5.41, 5.74) is 6.50. The van der Waals surface area contributed by atoms with Crippen molar-refractivity contribution in [1.82, 2.24) is 9.88 Å². The van der Waals surface area contributed by atoms with Gasteiger partial charge in [-0.1, -0.05) is 60.7 Å². The Bertz CT molecular complexity index is 1490. The number of aromatic nitrogens is 1. The molecule has 1 amide bonds. The van der Waals surface area contributed by atoms with Crippen LogP contribution in [0.3, 0.4) is 0 Å². The Kier molecular flexibility index (Phi) is 5.49. The zero-order valence-corrected chi connectivity index (χ0v) is 21.3. The quantitative estimate of drug-likeness (QED) is 0.395. The van der Waals surface area contributed by atoms with Crippen molar-refractivity contribution in [3.05, 3.63) is 101 Å². The Morgan fingerprint density at radius 2 is 1.63 bits per heavy atom. The summed E-state index contributed by atoms with van der Waals surface area (Å²) in [6.07, 6.45) is 0.474. The van der Waals surface area contributed by atoms with Gasteiger partial charge in [0, 0.05) is 29.8 Å². The van der Waals surface area contributed by atoms with E-state index in [0.717, 1.165) is 22.2 Å². The molecule has 7 rings (SSSR count). The van der Waals surface area contributed by atoms with Crippen molar-refractivity contribution in [2.45, 2.75) is 43.4 Å². The third-order valence-corrected chi connectivity index (χ3v) is 8.47. The number of ether oxygens (including phenoxy) is 2. The number of carbonyl (C=O) groups excluding carboxylic acids is 1. The molecule has 1 aromatic heterocycles. The number of nitrogens with zero attached hydrogens (tertiary/aromatic N) is 2. The van der Waals surface area contributed by atoms with E-state index >= 15 is 0 Å². The van der Waals surface area contributed by atoms with E-state index in [1.165, 1.54) is 22.3 Å². The Hall–Kier alpha value is -3.74. The Labute approximate surface area is 221 Å². The number of benzene rings is 3. The van der Waals surface area contributed by atoms with Crippen molar-refractivity contribution in [1.29, 1.82) is 0 Å². The highest BCUT2D eigenvalue weighted by Crippen LogP contribution is 2.45. The molecular weight excluding hydrogens is 476 g/mol. The molecule has 2 fully saturated rings. The number of hydrogen-bond acceptors (Lipinski definition) is 5. The van der Waals surface area contributed by atoms with Crippen molar-refractivity contribution in [2.24, 2.45) is 0 Å². The molecule has 2 atom stereocenters. The van der Waals surface area contributed by atoms with Crippen LogP contribution in [0, 0.1) is 6.92 Å². The molecule has 3 aromatic carbocycles. The molecule has 4 aromatic rings. The summed E-state index contributed by atoms with van der Waals surface area (Å²) < 4.78 is 11.8. The highest BCUT2D eigenvalue weighted by atomic mass is 16.6. The summed E-state index contributed by atoms with van der Waals surface area (Å²) in [6, 6.07) is 26.2. The van der Waals surface area contributed by atoms with Gasteiger partial charge < -0.3 is 14.6 Å². The van der Waals surface area contributed by atoms with E-state index in [4.69, 9.17) is 9.47 Å². The van der Waals surface area contributed by atoms with Crippen LogP contribution in [0.1, 0.15) is 41.1 Å². The lowest BCUT2D eigenvalue weighted by atomic mass is 9.76. The van der Waals surface area contributed by atoms with Crippen molar-refractivity contribution >= 4 is 17.0 Å². The van der Waals surface area contributed by atoms with Crippen molar-refractivity contribution in [3.8, 4) is 11.1 Å². The number of carbonyl (C=O) groups is 1. The van der Waals surface area contributed by atoms with Gasteiger partial charge in [-0.2, -0.15) is 0 Å². The third-order valence-electron chi connectivity index (χ3n) is 8.47. The normalized spacial score (nSPS) is 24.2. The summed E-state index contributed by atoms with van der Waals surface area (Å²) >= 11 is 0. The number of hydrogen-bond donors (Lipinski definition) is 1. The molecule has 0 saturated carbocycles. The van der Waals surface area contributed by atoms with Crippen molar-refractivity contribution in [3.63, 3.8) is 0 Å². The first-order chi connectivity index (χ1) is 18.5. The highest BCUT2D eigenvalue weighted by molar-refractivity contribution is 5.80. The second-order valence-electron chi connectivity index (χ2n) is 10.9. The van der Waals surface area contributed by atoms with Gasteiger partial charge in [-0.25, -0.2) is 4.79 Å². The molecule has 38 heavy (non-hydrogen) atoms. The van der Waals surface area contributed by atoms with Crippen LogP contribution in [0.2, 0.25) is 0 Å². The van der Waals surface area contributed by atoms with Gasteiger partial charge >= 0.3 is 6.09 Å². The maximum absolute atomic E-state index is 13.5. The number of pyridine rings is 1. The van der Waals surface area contributed by atoms with Crippen LogP contribution in [0.4, 0.5) is 4.79 Å². The fourth-order valence-corrected chi connectivity index (χ4v) is 6.70. The number of aryl methyl sites for hydroxylation is 1. The highest BCUT2D eigenvalue weighted by Gasteiger charge is 2.49. The molecule has 3 aliphatic rings. The van der Waals surface area contributed by atoms with Gasteiger partial charge in [-0.05, 0) is 52.9 Å². The summed E-state index contributed by atoms with van der Waals surface area (Å²) in [5, 5.41) is 12.8. The average molecular weight is 507 g/mol. The maximum atomic E-state index is 13.5. The van der Waals surface area contributed by atoms with Gasteiger partial charge in [-0.15, -0.1) is 0 Å². The minimum Gasteiger partial charge on any atom is -0.448 e. The number of aliphatic hydroxyl groups is 1. The number of morpholine rings is 1. The van der Waals surface area contributed by atoms with Crippen LogP contribution in [-0.2, 0) is 15.1 Å². The number of rotatable bonds is 3. The van der Waals surface area contributed by atoms with Crippen LogP contribution in [0.15, 0.2) is 78.9 Å². The molecule has 192 valence electrons. The van der Waals surface area contributed by atoms with Crippen LogP contribution in [0.5, 0.6) is 0 Å². The van der Waals surface area contributed by atoms with E-state index in [-0.39, 0.29) is 30.7 Å². The molecule has 1 aliphatic carbocycles. The Morgan fingerprint density at radius 1 is 0.974 bits per heavy atom. The summed E-state index contributed by atoms with van der Waals surface area (Å²) in [6.45, 7) is 3.03. The molecule has 2 saturated heterocycles. The number of piperidine rings is 1. The summed E-state index contributed by atoms with van der Waals surface area (Å²) in [7, 11) is 0. The first-order valence-electron chi connectivity index (χ1n) is 13.3. The molecule has 3 heterocycles. The standard InChI is InChI=1S/C32H30N2O4/c1-20-10-11-21-14-22(12-13-30(21)33-20)32(36)15-23-17-37-18-24(16-32)34(23)31(35)38-19-29-27-8-4-2-6-25(27)26-7-3-5-9-28(26)29/h2-14,23-24,29,36H,15-19H2,1H3. The molecule has 2 bridgehead atoms. The van der Waals surface area contributed by atoms with Crippen LogP contribution >= 0.6 is 0 Å². The van der Waals surface area contributed by atoms with Gasteiger partial charge in [0.05, 0.1) is 36.4 Å². The van der Waals surface area contributed by atoms with E-state index in [1.807, 2.05) is 66.4 Å². The lowest BCUT2D eigenvalue weighted by Gasteiger charge is -2.51. The SMILES string of the molecule is Cc1ccc2cc(C3(O)CC4COCC(C3)N4C(=O)OCC3c4ccccc4-c4ccccc43)ccc2n1. The summed E-state index contributed by atoms with van der Waals surface area (Å²) in [5.74, 6) is 0.0130. The second-order valence-corrected chi connectivity index (χ2v) is 10.9. The van der Waals surface area contributed by atoms with E-state index in [9.17, 15) is 9.90 Å². The van der Waals surface area contributed by atoms with Crippen LogP contribution in [-0.4, -0.2) is 53.0 Å². The topological polar surface area (TPSA) is 71.9 Å². The lowest BCUT2D eigenvalue weighted by Crippen LogP contribution is -2.62. The lowest BCUT2D eigenvalue weighted by molar-refractivity contribution is -0.136. The average Bonchev–Trinajstić information content (AvgIpc) is 3.24. The molecule has 2 unspecified atom stereocenters. The minimum absolute atomic E-state index is 0.0130. The molecule has 1 N–H and O–H groups in total. The zero-order valence-electron chi connectivity index (χ0n) is 21.3. The minimum atomic E-state index is -1.04. The van der Waals surface area contributed by atoms with E-state index in [2.05, 4.69) is 29.2 Å². The first kappa shape index (κ1) is 23.4. The molecule has 2 aliphatic heterocycles. The molecule has 6 heteroatoms. The first-order valence-corrected chi connectivity index (χ1v) is 13.3. The fourth-order valence-electron chi connectivity index (χ4n) is 6.70. The van der Waals surface area contributed by atoms with Crippen molar-refractivity contribution < 1.29 is 19.4 Å². The summed E-state index contributed by atoms with van der Waals surface area (Å²) in [4.78, 5) is 19.9. The predicted octanol–water partition coefficient (Wildman–Crippen LogP) is 5.54. The smallest absolute Gasteiger partial charge is 0.410 e. The zero-order chi connectivity index (χ0) is 25.9. The van der Waals surface area contributed by atoms with Crippen molar-refractivity contribution in [2.75, 3.05) is 19.8 Å². The predicted molar refractivity (Wildman–Crippen MR) is 145 cm³/mol. The monoisotopic (exact) mass is 506 g/mol. The molecule has 0 radical (unpaired) electrons. The Balaban J connectivity index is 1.11. The van der Waals surface area contributed by atoms with Crippen LogP contribution < -0.4 is 0 Å². The van der Waals surface area contributed by atoms with Gasteiger partial charge in [0.15, 0.2) is 0 Å². The third kappa shape index (κ3) is 3.79. The Morgan fingerprint density at radius 3 is 2.32 bits per heavy atom. The molecule has 0 spiro atoms. The molecular formula is C32H30N2O4. The number of amides is 1. The van der Waals surface area contributed by atoms with Gasteiger partial charge in [0.2, 0.25) is 0 Å². The second kappa shape index (κ2) is 8.93. The largest absolute Gasteiger partial charge is 0.448 e. The molecule has 6 nitrogen and oxygen atoms in total. The maximum Gasteiger partial charge on any atom is 0.410 e. The van der Waals surface area contributed by atoms with Gasteiger partial charge in [-0.3, -0.25) is 9.88 Å². The van der Waals surface area contributed by atoms with Gasteiger partial charge in [0.25, 0.3) is 0 Å². The van der Waals surface area contributed by atoms with E-state index in [1.54, 1.807) is 0 Å². The van der Waals surface area contributed by atoms with E-state index in [0.29, 0.717) is 26.1 Å². The number of fused-ring (bicyclic) bond motifs is 6. The fraction of sp³-hybridized carbons (Fsp3) is 0.312. The van der Waals surface area contributed by atoms with Gasteiger partial charge in [0.1, 0.15) is 6.61 Å². The van der Waals surface area contributed by atoms with Crippen LogP contribution in [0.25, 0.3) is 22.0 Å². The van der Waals surface area contributed by atoms with E-state index < -0.39 is 5.60 Å².